The average Bonchev–Trinajstić information content (AvgIpc) is 2.75. The first-order valence-corrected chi connectivity index (χ1v) is 5.51. The van der Waals surface area contributed by atoms with Crippen LogP contribution >= 0.6 is 0 Å². The summed E-state index contributed by atoms with van der Waals surface area (Å²) in [6.07, 6.45) is 4.31. The summed E-state index contributed by atoms with van der Waals surface area (Å²) >= 11 is 0. The molecule has 0 radical (unpaired) electrons. The Kier molecular flexibility index (Phi) is 2.56. The summed E-state index contributed by atoms with van der Waals surface area (Å²) in [6.45, 7) is 4.50. The van der Waals surface area contributed by atoms with E-state index in [0.717, 1.165) is 17.6 Å². The molecule has 0 aromatic carbocycles. The van der Waals surface area contributed by atoms with Gasteiger partial charge >= 0.3 is 0 Å². The van der Waals surface area contributed by atoms with Gasteiger partial charge in [-0.15, -0.1) is 0 Å². The molecule has 0 atom stereocenters. The Bertz CT molecular complexity index is 338. The highest BCUT2D eigenvalue weighted by Crippen LogP contribution is 2.18. The third kappa shape index (κ3) is 2.07. The van der Waals surface area contributed by atoms with Crippen LogP contribution in [0.2, 0.25) is 0 Å². The fourth-order valence-corrected chi connectivity index (χ4v) is 2.25. The molecule has 1 aliphatic heterocycles. The van der Waals surface area contributed by atoms with Gasteiger partial charge in [-0.25, -0.2) is 4.68 Å². The molecule has 0 aliphatic carbocycles. The van der Waals surface area contributed by atoms with Crippen molar-refractivity contribution in [1.82, 2.24) is 9.78 Å². The zero-order valence-electron chi connectivity index (χ0n) is 9.32. The Labute approximate surface area is 90.2 Å². The standard InChI is InChI=1S/C10H20N5/c1-15(5-2-3-6-15)7-4-14-10(12)9(11)8-13-14/h8H,2-7,11-12H2,1H3/q+1. The number of nitrogens with zero attached hydrogens (tertiary/aromatic N) is 3. The van der Waals surface area contributed by atoms with E-state index < -0.39 is 0 Å². The molecule has 1 saturated heterocycles. The molecule has 1 aromatic heterocycles. The summed E-state index contributed by atoms with van der Waals surface area (Å²) < 4.78 is 2.94. The van der Waals surface area contributed by atoms with Crippen LogP contribution in [-0.4, -0.2) is 40.9 Å². The number of likely N-dealkylation sites (tertiary alicyclic amines) is 1. The van der Waals surface area contributed by atoms with E-state index in [-0.39, 0.29) is 0 Å². The van der Waals surface area contributed by atoms with Crippen molar-refractivity contribution in [2.24, 2.45) is 0 Å². The van der Waals surface area contributed by atoms with Gasteiger partial charge in [-0.3, -0.25) is 0 Å². The van der Waals surface area contributed by atoms with Crippen LogP contribution in [0.5, 0.6) is 0 Å². The number of anilines is 2. The number of hydrogen-bond acceptors (Lipinski definition) is 3. The first kappa shape index (κ1) is 10.3. The fourth-order valence-electron chi connectivity index (χ4n) is 2.25. The fraction of sp³-hybridized carbons (Fsp3) is 0.700. The molecule has 4 N–H and O–H groups in total. The van der Waals surface area contributed by atoms with E-state index in [2.05, 4.69) is 12.1 Å². The molecule has 5 nitrogen and oxygen atoms in total. The molecule has 0 bridgehead atoms. The molecule has 2 heterocycles. The number of quaternary nitrogens is 1. The lowest BCUT2D eigenvalue weighted by atomic mass is 10.4. The quantitative estimate of drug-likeness (QED) is 0.704. The summed E-state index contributed by atoms with van der Waals surface area (Å²) in [6, 6.07) is 0. The van der Waals surface area contributed by atoms with E-state index in [1.165, 1.54) is 25.9 Å². The molecule has 0 amide bonds. The third-order valence-electron chi connectivity index (χ3n) is 3.41. The number of nitrogen functional groups attached to an aromatic ring is 2. The molecule has 1 aliphatic rings. The highest BCUT2D eigenvalue weighted by Gasteiger charge is 2.26. The zero-order valence-corrected chi connectivity index (χ0v) is 9.32. The molecule has 0 saturated carbocycles. The van der Waals surface area contributed by atoms with Gasteiger partial charge in [0.1, 0.15) is 5.82 Å². The maximum atomic E-state index is 5.80. The molecule has 1 aromatic rings. The Balaban J connectivity index is 1.95. The molecule has 2 rings (SSSR count). The van der Waals surface area contributed by atoms with Gasteiger partial charge in [0, 0.05) is 12.8 Å². The molecule has 15 heavy (non-hydrogen) atoms. The minimum absolute atomic E-state index is 0.582. The van der Waals surface area contributed by atoms with Gasteiger partial charge in [0.05, 0.1) is 45.1 Å². The Morgan fingerprint density at radius 3 is 2.60 bits per heavy atom. The second-order valence-corrected chi connectivity index (χ2v) is 4.71. The number of likely N-dealkylation sites (N-methyl/N-ethyl adjacent to an activating group) is 1. The lowest BCUT2D eigenvalue weighted by Gasteiger charge is -2.29. The summed E-state index contributed by atoms with van der Waals surface area (Å²) in [7, 11) is 2.30. The number of aromatic nitrogens is 2. The van der Waals surface area contributed by atoms with Crippen LogP contribution in [0.15, 0.2) is 6.20 Å². The molecular weight excluding hydrogens is 190 g/mol. The number of hydrogen-bond donors (Lipinski definition) is 2. The first-order chi connectivity index (χ1) is 7.11. The van der Waals surface area contributed by atoms with Gasteiger partial charge in [-0.1, -0.05) is 0 Å². The predicted molar refractivity (Wildman–Crippen MR) is 61.1 cm³/mol. The smallest absolute Gasteiger partial charge is 0.145 e. The maximum Gasteiger partial charge on any atom is 0.145 e. The van der Waals surface area contributed by atoms with Gasteiger partial charge in [-0.2, -0.15) is 5.10 Å². The van der Waals surface area contributed by atoms with Crippen LogP contribution in [0, 0.1) is 0 Å². The highest BCUT2D eigenvalue weighted by molar-refractivity contribution is 5.56. The van der Waals surface area contributed by atoms with Crippen molar-refractivity contribution in [3.8, 4) is 0 Å². The van der Waals surface area contributed by atoms with E-state index >= 15 is 0 Å². The Hall–Kier alpha value is -1.23. The van der Waals surface area contributed by atoms with E-state index in [1.807, 2.05) is 0 Å². The SMILES string of the molecule is C[N+]1(CCn2ncc(N)c2N)CCCC1. The van der Waals surface area contributed by atoms with Gasteiger partial charge in [0.2, 0.25) is 0 Å². The third-order valence-corrected chi connectivity index (χ3v) is 3.41. The normalized spacial score (nSPS) is 19.5. The van der Waals surface area contributed by atoms with Gasteiger partial charge < -0.3 is 16.0 Å². The number of rotatable bonds is 3. The maximum absolute atomic E-state index is 5.80. The van der Waals surface area contributed by atoms with Crippen LogP contribution in [0.3, 0.4) is 0 Å². The second kappa shape index (κ2) is 3.73. The van der Waals surface area contributed by atoms with Gasteiger partial charge in [0.25, 0.3) is 0 Å². The summed E-state index contributed by atoms with van der Waals surface area (Å²) in [4.78, 5) is 0. The Morgan fingerprint density at radius 1 is 1.40 bits per heavy atom. The van der Waals surface area contributed by atoms with Crippen LogP contribution in [0.25, 0.3) is 0 Å². The van der Waals surface area contributed by atoms with Crippen molar-refractivity contribution < 1.29 is 4.48 Å². The average molecular weight is 210 g/mol. The van der Waals surface area contributed by atoms with Crippen molar-refractivity contribution in [2.75, 3.05) is 38.1 Å². The van der Waals surface area contributed by atoms with Gasteiger partial charge in [-0.05, 0) is 0 Å². The molecule has 84 valence electrons. The predicted octanol–water partition coefficient (Wildman–Crippen LogP) is 0.288. The van der Waals surface area contributed by atoms with Gasteiger partial charge in [0.15, 0.2) is 0 Å². The van der Waals surface area contributed by atoms with Crippen molar-refractivity contribution >= 4 is 11.5 Å². The monoisotopic (exact) mass is 210 g/mol. The van der Waals surface area contributed by atoms with Crippen LogP contribution in [0.4, 0.5) is 11.5 Å². The topological polar surface area (TPSA) is 69.9 Å². The first-order valence-electron chi connectivity index (χ1n) is 5.51. The van der Waals surface area contributed by atoms with E-state index in [9.17, 15) is 0 Å². The summed E-state index contributed by atoms with van der Waals surface area (Å²) in [5.41, 5.74) is 12.0. The minimum Gasteiger partial charge on any atom is -0.394 e. The molecule has 5 heteroatoms. The van der Waals surface area contributed by atoms with E-state index in [0.29, 0.717) is 11.5 Å². The second-order valence-electron chi connectivity index (χ2n) is 4.71. The van der Waals surface area contributed by atoms with Crippen molar-refractivity contribution in [1.29, 1.82) is 0 Å². The molecular formula is C10H20N5+. The molecule has 0 spiro atoms. The Morgan fingerprint density at radius 2 is 2.07 bits per heavy atom. The van der Waals surface area contributed by atoms with Crippen LogP contribution in [-0.2, 0) is 6.54 Å². The summed E-state index contributed by atoms with van der Waals surface area (Å²) in [5, 5.41) is 4.16. The van der Waals surface area contributed by atoms with Crippen LogP contribution in [0.1, 0.15) is 12.8 Å². The van der Waals surface area contributed by atoms with Crippen molar-refractivity contribution in [3.05, 3.63) is 6.20 Å². The van der Waals surface area contributed by atoms with Crippen molar-refractivity contribution in [3.63, 3.8) is 0 Å². The molecule has 0 unspecified atom stereocenters. The highest BCUT2D eigenvalue weighted by atomic mass is 15.4. The lowest BCUT2D eigenvalue weighted by Crippen LogP contribution is -2.43. The van der Waals surface area contributed by atoms with E-state index in [1.54, 1.807) is 10.9 Å². The zero-order chi connectivity index (χ0) is 10.9. The van der Waals surface area contributed by atoms with E-state index in [4.69, 9.17) is 11.5 Å². The largest absolute Gasteiger partial charge is 0.394 e. The summed E-state index contributed by atoms with van der Waals surface area (Å²) in [5.74, 6) is 0.598. The minimum atomic E-state index is 0.582. The molecule has 1 fully saturated rings. The van der Waals surface area contributed by atoms with Crippen LogP contribution < -0.4 is 11.5 Å². The lowest BCUT2D eigenvalue weighted by molar-refractivity contribution is -0.898. The van der Waals surface area contributed by atoms with Crippen molar-refractivity contribution in [2.45, 2.75) is 19.4 Å². The number of nitrogens with two attached hydrogens (primary N) is 2.